The van der Waals surface area contributed by atoms with E-state index in [2.05, 4.69) is 57.7 Å². The highest BCUT2D eigenvalue weighted by atomic mass is 28.3. The Bertz CT molecular complexity index is 194. The molecule has 0 fully saturated rings. The largest absolute Gasteiger partial charge is 0.416 e. The average Bonchev–Trinajstić information content (AvgIpc) is 2.23. The van der Waals surface area contributed by atoms with Crippen molar-refractivity contribution in [3.8, 4) is 0 Å². The second kappa shape index (κ2) is 7.33. The van der Waals surface area contributed by atoms with Crippen molar-refractivity contribution >= 4 is 16.3 Å². The molecule has 0 aliphatic carbocycles. The van der Waals surface area contributed by atoms with Gasteiger partial charge in [-0.15, -0.1) is 0 Å². The first-order valence-electron chi connectivity index (χ1n) is 6.82. The van der Waals surface area contributed by atoms with Crippen LogP contribution in [-0.4, -0.2) is 16.3 Å². The van der Waals surface area contributed by atoms with Gasteiger partial charge in [-0.3, -0.25) is 0 Å². The molecule has 0 aromatic rings. The zero-order valence-corrected chi connectivity index (χ0v) is 14.2. The summed E-state index contributed by atoms with van der Waals surface area (Å²) in [5.41, 5.74) is 0. The molecule has 0 heterocycles. The third-order valence-electron chi connectivity index (χ3n) is 3.60. The Hall–Kier alpha value is -0.0262. The molecule has 1 N–H and O–H groups in total. The van der Waals surface area contributed by atoms with E-state index in [0.717, 1.165) is 0 Å². The van der Waals surface area contributed by atoms with E-state index in [1.54, 1.807) is 0 Å². The fourth-order valence-electron chi connectivity index (χ4n) is 1.89. The monoisotopic (exact) mass is 257 g/mol. The van der Waals surface area contributed by atoms with Gasteiger partial charge < -0.3 is 4.98 Å². The van der Waals surface area contributed by atoms with Crippen molar-refractivity contribution < 1.29 is 0 Å². The molecule has 0 aromatic heterocycles. The lowest BCUT2D eigenvalue weighted by atomic mass is 10.5. The van der Waals surface area contributed by atoms with Gasteiger partial charge in [0, 0.05) is 8.07 Å². The third kappa shape index (κ3) is 6.53. The minimum absolute atomic E-state index is 0.846. The number of hydrogen-bond acceptors (Lipinski definition) is 1. The number of nitrogens with one attached hydrogen (secondary N) is 1. The Kier molecular flexibility index (Phi) is 7.32. The molecule has 0 rings (SSSR count). The van der Waals surface area contributed by atoms with Gasteiger partial charge in [-0.05, 0) is 30.8 Å². The Morgan fingerprint density at radius 2 is 1.44 bits per heavy atom. The summed E-state index contributed by atoms with van der Waals surface area (Å²) >= 11 is 0. The Morgan fingerprint density at radius 1 is 0.938 bits per heavy atom. The molecule has 0 aliphatic heterocycles. The van der Waals surface area contributed by atoms with Crippen molar-refractivity contribution in [2.24, 2.45) is 0 Å². The van der Waals surface area contributed by atoms with Crippen LogP contribution >= 0.6 is 0 Å². The van der Waals surface area contributed by atoms with Gasteiger partial charge in [-0.1, -0.05) is 52.5 Å². The van der Waals surface area contributed by atoms with E-state index in [9.17, 15) is 0 Å². The van der Waals surface area contributed by atoms with Gasteiger partial charge in [0.1, 0.15) is 0 Å². The van der Waals surface area contributed by atoms with E-state index in [0.29, 0.717) is 0 Å². The van der Waals surface area contributed by atoms with E-state index in [1.807, 2.05) is 0 Å². The zero-order valence-electron chi connectivity index (χ0n) is 12.2. The van der Waals surface area contributed by atoms with Gasteiger partial charge in [0.2, 0.25) is 0 Å². The predicted molar refractivity (Wildman–Crippen MR) is 82.2 cm³/mol. The molecule has 0 atom stereocenters. The van der Waals surface area contributed by atoms with Gasteiger partial charge in [0.05, 0.1) is 0 Å². The molecule has 0 saturated heterocycles. The molecule has 1 nitrogen and oxygen atoms in total. The smallest absolute Gasteiger partial charge is 0.152 e. The van der Waals surface area contributed by atoms with Crippen LogP contribution in [0.2, 0.25) is 43.8 Å². The summed E-state index contributed by atoms with van der Waals surface area (Å²) in [6.07, 6.45) is 5.86. The van der Waals surface area contributed by atoms with Crippen molar-refractivity contribution in [1.29, 1.82) is 0 Å². The molecular weight excluding hydrogens is 226 g/mol. The second-order valence-corrected chi connectivity index (χ2v) is 16.6. The third-order valence-corrected chi connectivity index (χ3v) is 10.2. The molecule has 0 aliphatic rings. The Labute approximate surface area is 105 Å². The van der Waals surface area contributed by atoms with E-state index in [4.69, 9.17) is 0 Å². The van der Waals surface area contributed by atoms with E-state index in [1.165, 1.54) is 30.6 Å². The highest BCUT2D eigenvalue weighted by molar-refractivity contribution is 6.77. The molecule has 0 saturated carbocycles. The Balaban J connectivity index is 3.98. The molecule has 16 heavy (non-hydrogen) atoms. The highest BCUT2D eigenvalue weighted by Crippen LogP contribution is 2.16. The quantitative estimate of drug-likeness (QED) is 0.615. The summed E-state index contributed by atoms with van der Waals surface area (Å²) in [4.78, 5) is 3.74. The minimum atomic E-state index is -1.14. The van der Waals surface area contributed by atoms with Crippen LogP contribution in [0.15, 0.2) is 12.3 Å². The molecule has 0 unspecified atom stereocenters. The van der Waals surface area contributed by atoms with Crippen LogP contribution in [0.4, 0.5) is 0 Å². The minimum Gasteiger partial charge on any atom is -0.416 e. The second-order valence-electron chi connectivity index (χ2n) is 5.99. The first kappa shape index (κ1) is 16.0. The lowest BCUT2D eigenvalue weighted by Crippen LogP contribution is -2.45. The molecule has 0 spiro atoms. The molecule has 0 aromatic carbocycles. The zero-order chi connectivity index (χ0) is 12.7. The molecule has 0 radical (unpaired) electrons. The molecule has 0 amide bonds. The van der Waals surface area contributed by atoms with Crippen molar-refractivity contribution in [2.75, 3.05) is 0 Å². The molecule has 0 bridgehead atoms. The predicted octanol–water partition coefficient (Wildman–Crippen LogP) is 4.82. The van der Waals surface area contributed by atoms with E-state index >= 15 is 0 Å². The maximum atomic E-state index is 3.74. The van der Waals surface area contributed by atoms with Crippen molar-refractivity contribution in [1.82, 2.24) is 4.98 Å². The summed E-state index contributed by atoms with van der Waals surface area (Å²) in [6, 6.07) is 5.44. The van der Waals surface area contributed by atoms with Crippen LogP contribution in [-0.2, 0) is 0 Å². The first-order chi connectivity index (χ1) is 7.39. The lowest BCUT2D eigenvalue weighted by Gasteiger charge is -2.28. The maximum Gasteiger partial charge on any atom is 0.152 e. The van der Waals surface area contributed by atoms with Crippen LogP contribution in [0, 0.1) is 0 Å². The van der Waals surface area contributed by atoms with E-state index in [-0.39, 0.29) is 0 Å². The molecule has 3 heteroatoms. The van der Waals surface area contributed by atoms with Crippen LogP contribution in [0.5, 0.6) is 0 Å². The van der Waals surface area contributed by atoms with Crippen LogP contribution in [0.25, 0.3) is 0 Å². The van der Waals surface area contributed by atoms with Gasteiger partial charge in [-0.2, -0.15) is 0 Å². The Morgan fingerprint density at radius 3 is 1.81 bits per heavy atom. The molecule has 96 valence electrons. The number of rotatable bonds is 8. The van der Waals surface area contributed by atoms with Gasteiger partial charge in [0.15, 0.2) is 8.24 Å². The molecular formula is C13H31NSi2. The topological polar surface area (TPSA) is 12.0 Å². The summed E-state index contributed by atoms with van der Waals surface area (Å²) in [5.74, 6) is 0. The van der Waals surface area contributed by atoms with Crippen molar-refractivity contribution in [3.05, 3.63) is 12.3 Å². The summed E-state index contributed by atoms with van der Waals surface area (Å²) in [6.45, 7) is 14.3. The van der Waals surface area contributed by atoms with Gasteiger partial charge >= 0.3 is 0 Å². The maximum absolute atomic E-state index is 3.74. The van der Waals surface area contributed by atoms with Gasteiger partial charge in [0.25, 0.3) is 0 Å². The van der Waals surface area contributed by atoms with Gasteiger partial charge in [-0.25, -0.2) is 0 Å². The van der Waals surface area contributed by atoms with E-state index < -0.39 is 16.3 Å². The average molecular weight is 258 g/mol. The van der Waals surface area contributed by atoms with Crippen molar-refractivity contribution in [2.45, 2.75) is 71.0 Å². The highest BCUT2D eigenvalue weighted by Gasteiger charge is 2.25. The van der Waals surface area contributed by atoms with Crippen LogP contribution < -0.4 is 4.98 Å². The number of allylic oxidation sites excluding steroid dienone is 1. The fourth-order valence-corrected chi connectivity index (χ4v) is 5.51. The summed E-state index contributed by atoms with van der Waals surface area (Å²) in [5, 5.41) is 0. The SMILES string of the molecule is CC[Si](CC)(CC)NC=CCC[Si](C)(C)C. The standard InChI is InChI=1S/C13H31NSi2/c1-7-16(8-2,9-3)14-12-10-11-13-15(4,5)6/h10,12,14H,7-9,11,13H2,1-6H3. The van der Waals surface area contributed by atoms with Crippen molar-refractivity contribution in [3.63, 3.8) is 0 Å². The first-order valence-corrected chi connectivity index (χ1v) is 13.1. The fraction of sp³-hybridized carbons (Fsp3) is 0.846. The lowest BCUT2D eigenvalue weighted by molar-refractivity contribution is 1.04. The van der Waals surface area contributed by atoms with Crippen LogP contribution in [0.1, 0.15) is 27.2 Å². The normalized spacial score (nSPS) is 13.4. The summed E-state index contributed by atoms with van der Waals surface area (Å²) < 4.78 is 0. The summed E-state index contributed by atoms with van der Waals surface area (Å²) in [7, 11) is -1.98. The number of hydrogen-bond donors (Lipinski definition) is 1. The van der Waals surface area contributed by atoms with Crippen LogP contribution in [0.3, 0.4) is 0 Å².